The fraction of sp³-hybridized carbons (Fsp3) is 0.200. The van der Waals surface area contributed by atoms with Gasteiger partial charge in [-0.05, 0) is 43.2 Å². The molecule has 1 aliphatic rings. The number of ether oxygens (including phenoxy) is 1. The molecule has 1 aliphatic heterocycles. The minimum Gasteiger partial charge on any atom is -0.455 e. The van der Waals surface area contributed by atoms with Crippen LogP contribution in [0, 0.1) is 6.92 Å². The zero-order chi connectivity index (χ0) is 22.8. The SMILES string of the molecule is Cc1nc(-c2ccc3c(c2)CCN3C(=O)COC(=O)Cc2coc(-c3ccccc3)n2)cs1. The van der Waals surface area contributed by atoms with Crippen molar-refractivity contribution in [2.45, 2.75) is 19.8 Å². The van der Waals surface area contributed by atoms with Gasteiger partial charge >= 0.3 is 5.97 Å². The van der Waals surface area contributed by atoms with Gasteiger partial charge in [0, 0.05) is 28.7 Å². The summed E-state index contributed by atoms with van der Waals surface area (Å²) in [5.41, 5.74) is 5.23. The Hall–Kier alpha value is -3.78. The Morgan fingerprint density at radius 3 is 2.76 bits per heavy atom. The van der Waals surface area contributed by atoms with Gasteiger partial charge in [0.2, 0.25) is 5.89 Å². The van der Waals surface area contributed by atoms with Crippen molar-refractivity contribution in [1.82, 2.24) is 9.97 Å². The lowest BCUT2D eigenvalue weighted by Crippen LogP contribution is -2.33. The van der Waals surface area contributed by atoms with Crippen molar-refractivity contribution in [3.8, 4) is 22.7 Å². The van der Waals surface area contributed by atoms with Crippen LogP contribution in [0.2, 0.25) is 0 Å². The van der Waals surface area contributed by atoms with Crippen LogP contribution >= 0.6 is 11.3 Å². The van der Waals surface area contributed by atoms with Gasteiger partial charge in [0.25, 0.3) is 5.91 Å². The Morgan fingerprint density at radius 1 is 1.12 bits per heavy atom. The zero-order valence-electron chi connectivity index (χ0n) is 18.0. The first kappa shape index (κ1) is 21.1. The van der Waals surface area contributed by atoms with Crippen molar-refractivity contribution in [3.05, 3.63) is 76.4 Å². The first-order valence-corrected chi connectivity index (χ1v) is 11.5. The number of oxazole rings is 1. The van der Waals surface area contributed by atoms with Gasteiger partial charge in [0.1, 0.15) is 6.26 Å². The molecule has 2 aromatic heterocycles. The maximum Gasteiger partial charge on any atom is 0.312 e. The third-order valence-corrected chi connectivity index (χ3v) is 6.22. The molecular formula is C25H21N3O4S. The number of aryl methyl sites for hydroxylation is 1. The molecular weight excluding hydrogens is 438 g/mol. The van der Waals surface area contributed by atoms with Crippen molar-refractivity contribution >= 4 is 28.9 Å². The largest absolute Gasteiger partial charge is 0.455 e. The molecule has 0 aliphatic carbocycles. The Kier molecular flexibility index (Phi) is 5.75. The summed E-state index contributed by atoms with van der Waals surface area (Å²) >= 11 is 1.61. The highest BCUT2D eigenvalue weighted by atomic mass is 32.1. The van der Waals surface area contributed by atoms with Crippen LogP contribution in [0.25, 0.3) is 22.7 Å². The minimum atomic E-state index is -0.523. The maximum absolute atomic E-state index is 12.7. The van der Waals surface area contributed by atoms with E-state index < -0.39 is 5.97 Å². The van der Waals surface area contributed by atoms with Crippen LogP contribution in [-0.4, -0.2) is 35.0 Å². The van der Waals surface area contributed by atoms with E-state index in [9.17, 15) is 9.59 Å². The van der Waals surface area contributed by atoms with Gasteiger partial charge in [0.15, 0.2) is 6.61 Å². The van der Waals surface area contributed by atoms with Gasteiger partial charge in [-0.25, -0.2) is 9.97 Å². The summed E-state index contributed by atoms with van der Waals surface area (Å²) in [4.78, 5) is 35.5. The molecule has 0 saturated heterocycles. The molecule has 0 saturated carbocycles. The van der Waals surface area contributed by atoms with E-state index in [2.05, 4.69) is 16.0 Å². The summed E-state index contributed by atoms with van der Waals surface area (Å²) in [5.74, 6) is -0.329. The summed E-state index contributed by atoms with van der Waals surface area (Å²) < 4.78 is 10.7. The van der Waals surface area contributed by atoms with Gasteiger partial charge in [-0.2, -0.15) is 0 Å². The van der Waals surface area contributed by atoms with Crippen molar-refractivity contribution in [2.24, 2.45) is 0 Å². The molecule has 4 aromatic rings. The molecule has 8 heteroatoms. The average Bonchev–Trinajstić information content (AvgIpc) is 3.57. The lowest BCUT2D eigenvalue weighted by atomic mass is 10.1. The predicted octanol–water partition coefficient (Wildman–Crippen LogP) is 4.45. The summed E-state index contributed by atoms with van der Waals surface area (Å²) in [5, 5.41) is 3.05. The molecule has 7 nitrogen and oxygen atoms in total. The Bertz CT molecular complexity index is 1310. The number of aromatic nitrogens is 2. The molecule has 5 rings (SSSR count). The molecule has 0 N–H and O–H groups in total. The second kappa shape index (κ2) is 8.99. The van der Waals surface area contributed by atoms with Crippen molar-refractivity contribution < 1.29 is 18.7 Å². The number of esters is 1. The molecule has 166 valence electrons. The van der Waals surface area contributed by atoms with Gasteiger partial charge in [-0.1, -0.05) is 24.3 Å². The zero-order valence-corrected chi connectivity index (χ0v) is 18.8. The molecule has 0 atom stereocenters. The lowest BCUT2D eigenvalue weighted by molar-refractivity contribution is -0.147. The number of amides is 1. The van der Waals surface area contributed by atoms with Gasteiger partial charge in [-0.3, -0.25) is 9.59 Å². The Morgan fingerprint density at radius 2 is 1.97 bits per heavy atom. The van der Waals surface area contributed by atoms with Crippen LogP contribution in [-0.2, 0) is 27.2 Å². The van der Waals surface area contributed by atoms with E-state index in [-0.39, 0.29) is 18.9 Å². The fourth-order valence-corrected chi connectivity index (χ4v) is 4.46. The number of benzene rings is 2. The van der Waals surface area contributed by atoms with Crippen LogP contribution in [0.3, 0.4) is 0 Å². The third kappa shape index (κ3) is 4.56. The number of rotatable bonds is 6. The smallest absolute Gasteiger partial charge is 0.312 e. The van der Waals surface area contributed by atoms with Crippen molar-refractivity contribution in [2.75, 3.05) is 18.1 Å². The molecule has 0 radical (unpaired) electrons. The first-order valence-electron chi connectivity index (χ1n) is 10.6. The topological polar surface area (TPSA) is 85.5 Å². The van der Waals surface area contributed by atoms with E-state index in [1.807, 2.05) is 54.8 Å². The molecule has 0 fully saturated rings. The predicted molar refractivity (Wildman–Crippen MR) is 125 cm³/mol. The molecule has 0 spiro atoms. The van der Waals surface area contributed by atoms with Crippen LogP contribution < -0.4 is 4.90 Å². The number of hydrogen-bond acceptors (Lipinski definition) is 7. The number of hydrogen-bond donors (Lipinski definition) is 0. The normalized spacial score (nSPS) is 12.6. The number of carbonyl (C=O) groups excluding carboxylic acids is 2. The van der Waals surface area contributed by atoms with Gasteiger partial charge < -0.3 is 14.1 Å². The van der Waals surface area contributed by atoms with E-state index in [4.69, 9.17) is 9.15 Å². The van der Waals surface area contributed by atoms with Gasteiger partial charge in [0.05, 0.1) is 22.8 Å². The van der Waals surface area contributed by atoms with Crippen LogP contribution in [0.4, 0.5) is 5.69 Å². The Balaban J connectivity index is 1.18. The van der Waals surface area contributed by atoms with E-state index in [1.54, 1.807) is 16.2 Å². The Labute approximate surface area is 194 Å². The molecule has 2 aromatic carbocycles. The standard InChI is InChI=1S/C25H21N3O4S/c1-16-26-21(15-33-16)18-7-8-22-19(11-18)9-10-28(22)23(29)14-31-24(30)12-20-13-32-25(27-20)17-5-3-2-4-6-17/h2-8,11,13,15H,9-10,12,14H2,1H3. The molecule has 1 amide bonds. The quantitative estimate of drug-likeness (QED) is 0.396. The van der Waals surface area contributed by atoms with Crippen molar-refractivity contribution in [1.29, 1.82) is 0 Å². The minimum absolute atomic E-state index is 0.0589. The lowest BCUT2D eigenvalue weighted by Gasteiger charge is -2.17. The van der Waals surface area contributed by atoms with Crippen molar-refractivity contribution in [3.63, 3.8) is 0 Å². The number of fused-ring (bicyclic) bond motifs is 1. The maximum atomic E-state index is 12.7. The van der Waals surface area contributed by atoms with Crippen LogP contribution in [0.15, 0.2) is 64.6 Å². The number of thiazole rings is 1. The summed E-state index contributed by atoms with van der Waals surface area (Å²) in [6.45, 7) is 2.23. The summed E-state index contributed by atoms with van der Waals surface area (Å²) in [6, 6.07) is 15.4. The number of nitrogens with zero attached hydrogens (tertiary/aromatic N) is 3. The first-order chi connectivity index (χ1) is 16.1. The monoisotopic (exact) mass is 459 g/mol. The van der Waals surface area contributed by atoms with Crippen LogP contribution in [0.5, 0.6) is 0 Å². The second-order valence-corrected chi connectivity index (χ2v) is 8.80. The highest BCUT2D eigenvalue weighted by molar-refractivity contribution is 7.09. The van der Waals surface area contributed by atoms with E-state index in [0.29, 0.717) is 18.1 Å². The summed E-state index contributed by atoms with van der Waals surface area (Å²) in [6.07, 6.45) is 2.13. The van der Waals surface area contributed by atoms with E-state index in [0.717, 1.165) is 39.5 Å². The number of carbonyl (C=O) groups is 2. The third-order valence-electron chi connectivity index (χ3n) is 5.45. The molecule has 33 heavy (non-hydrogen) atoms. The van der Waals surface area contributed by atoms with E-state index in [1.165, 1.54) is 6.26 Å². The second-order valence-electron chi connectivity index (χ2n) is 7.74. The average molecular weight is 460 g/mol. The van der Waals surface area contributed by atoms with E-state index >= 15 is 0 Å². The van der Waals surface area contributed by atoms with Gasteiger partial charge in [-0.15, -0.1) is 11.3 Å². The molecule has 3 heterocycles. The molecule has 0 bridgehead atoms. The molecule has 0 unspecified atom stereocenters. The number of anilines is 1. The fourth-order valence-electron chi connectivity index (χ4n) is 3.84. The summed E-state index contributed by atoms with van der Waals surface area (Å²) in [7, 11) is 0. The van der Waals surface area contributed by atoms with Crippen LogP contribution in [0.1, 0.15) is 16.3 Å². The highest BCUT2D eigenvalue weighted by Crippen LogP contribution is 2.32. The highest BCUT2D eigenvalue weighted by Gasteiger charge is 2.26.